The van der Waals surface area contributed by atoms with Crippen molar-refractivity contribution < 1.29 is 14.3 Å². The van der Waals surface area contributed by atoms with Gasteiger partial charge in [-0.3, -0.25) is 4.79 Å². The van der Waals surface area contributed by atoms with E-state index in [0.717, 1.165) is 43.8 Å². The molecule has 0 bridgehead atoms. The zero-order valence-electron chi connectivity index (χ0n) is 16.6. The molecule has 6 heteroatoms. The van der Waals surface area contributed by atoms with E-state index in [1.54, 1.807) is 11.3 Å². The molecule has 26 heavy (non-hydrogen) atoms. The number of hydrogen-bond donors (Lipinski definition) is 0. The van der Waals surface area contributed by atoms with Gasteiger partial charge in [-0.2, -0.15) is 0 Å². The molecular weight excluding hydrogens is 348 g/mol. The van der Waals surface area contributed by atoms with Crippen molar-refractivity contribution in [2.45, 2.75) is 59.5 Å². The van der Waals surface area contributed by atoms with Gasteiger partial charge in [0, 0.05) is 36.5 Å². The first-order valence-corrected chi connectivity index (χ1v) is 10.3. The van der Waals surface area contributed by atoms with Crippen LogP contribution in [0.25, 0.3) is 0 Å². The van der Waals surface area contributed by atoms with Gasteiger partial charge in [0.25, 0.3) is 5.91 Å². The number of likely N-dealkylation sites (tertiary alicyclic amines) is 2. The number of carbonyl (C=O) groups excluding carboxylic acids is 2. The number of thiophene rings is 1. The summed E-state index contributed by atoms with van der Waals surface area (Å²) in [5.74, 6) is 0.144. The summed E-state index contributed by atoms with van der Waals surface area (Å²) in [5.41, 5.74) is 0.775. The van der Waals surface area contributed by atoms with Crippen LogP contribution in [0.3, 0.4) is 0 Å². The molecule has 1 spiro atoms. The maximum atomic E-state index is 12.9. The Morgan fingerprint density at radius 3 is 2.38 bits per heavy atom. The predicted octanol–water partition coefficient (Wildman–Crippen LogP) is 4.09. The minimum absolute atomic E-state index is 0.0342. The summed E-state index contributed by atoms with van der Waals surface area (Å²) >= 11 is 1.62. The van der Waals surface area contributed by atoms with Crippen molar-refractivity contribution in [1.82, 2.24) is 9.80 Å². The Bertz CT molecular complexity index is 706. The van der Waals surface area contributed by atoms with Gasteiger partial charge in [0.05, 0.1) is 4.88 Å². The van der Waals surface area contributed by atoms with Crippen LogP contribution in [0.4, 0.5) is 4.79 Å². The fourth-order valence-corrected chi connectivity index (χ4v) is 5.07. The van der Waals surface area contributed by atoms with E-state index in [9.17, 15) is 9.59 Å². The normalized spacial score (nSPS) is 23.1. The van der Waals surface area contributed by atoms with Gasteiger partial charge in [0.2, 0.25) is 0 Å². The lowest BCUT2D eigenvalue weighted by molar-refractivity contribution is 0.0274. The maximum absolute atomic E-state index is 12.9. The van der Waals surface area contributed by atoms with Crippen molar-refractivity contribution in [1.29, 1.82) is 0 Å². The van der Waals surface area contributed by atoms with Gasteiger partial charge in [0.15, 0.2) is 0 Å². The summed E-state index contributed by atoms with van der Waals surface area (Å²) in [6.45, 7) is 12.8. The molecule has 0 aromatic carbocycles. The van der Waals surface area contributed by atoms with Gasteiger partial charge in [-0.25, -0.2) is 4.79 Å². The number of carbonyl (C=O) groups is 2. The molecule has 144 valence electrons. The third kappa shape index (κ3) is 3.90. The number of amides is 2. The van der Waals surface area contributed by atoms with E-state index in [4.69, 9.17) is 4.74 Å². The molecule has 3 rings (SSSR count). The molecule has 2 aliphatic rings. The molecule has 1 aromatic rings. The molecule has 0 aliphatic carbocycles. The van der Waals surface area contributed by atoms with Crippen LogP contribution >= 0.6 is 11.3 Å². The molecular formula is C20H30N2O3S. The van der Waals surface area contributed by atoms with E-state index in [1.165, 1.54) is 10.4 Å². The number of nitrogens with zero attached hydrogens (tertiary/aromatic N) is 2. The minimum atomic E-state index is -0.474. The van der Waals surface area contributed by atoms with Crippen LogP contribution in [-0.4, -0.2) is 53.6 Å². The summed E-state index contributed by atoms with van der Waals surface area (Å²) in [4.78, 5) is 31.2. The van der Waals surface area contributed by atoms with E-state index < -0.39 is 5.60 Å². The highest BCUT2D eigenvalue weighted by molar-refractivity contribution is 7.14. The van der Waals surface area contributed by atoms with Crippen molar-refractivity contribution in [2.75, 3.05) is 26.2 Å². The average Bonchev–Trinajstić information content (AvgIpc) is 3.25. The van der Waals surface area contributed by atoms with Gasteiger partial charge < -0.3 is 14.5 Å². The van der Waals surface area contributed by atoms with E-state index in [0.29, 0.717) is 6.54 Å². The Kier molecular flexibility index (Phi) is 5.08. The van der Waals surface area contributed by atoms with Crippen molar-refractivity contribution in [3.63, 3.8) is 0 Å². The molecule has 1 aromatic heterocycles. The first-order chi connectivity index (χ1) is 12.1. The fourth-order valence-electron chi connectivity index (χ4n) is 3.99. The average molecular weight is 379 g/mol. The zero-order chi connectivity index (χ0) is 19.1. The van der Waals surface area contributed by atoms with E-state index >= 15 is 0 Å². The lowest BCUT2D eigenvalue weighted by Crippen LogP contribution is -2.38. The van der Waals surface area contributed by atoms with Crippen LogP contribution in [0, 0.1) is 12.3 Å². The molecule has 3 heterocycles. The smallest absolute Gasteiger partial charge is 0.410 e. The highest BCUT2D eigenvalue weighted by Gasteiger charge is 2.46. The molecule has 5 nitrogen and oxygen atoms in total. The minimum Gasteiger partial charge on any atom is -0.444 e. The van der Waals surface area contributed by atoms with Crippen LogP contribution in [0.15, 0.2) is 6.07 Å². The first kappa shape index (κ1) is 19.2. The quantitative estimate of drug-likeness (QED) is 0.779. The van der Waals surface area contributed by atoms with Gasteiger partial charge in [-0.1, -0.05) is 6.92 Å². The van der Waals surface area contributed by atoms with Gasteiger partial charge in [0.1, 0.15) is 5.60 Å². The summed E-state index contributed by atoms with van der Waals surface area (Å²) in [6, 6.07) is 2.03. The highest BCUT2D eigenvalue weighted by atomic mass is 32.1. The van der Waals surface area contributed by atoms with Crippen LogP contribution in [0.1, 0.15) is 60.6 Å². The summed E-state index contributed by atoms with van der Waals surface area (Å²) in [7, 11) is 0. The molecule has 0 unspecified atom stereocenters. The summed E-state index contributed by atoms with van der Waals surface area (Å²) in [5, 5.41) is 0. The molecule has 0 saturated carbocycles. The molecule has 2 aliphatic heterocycles. The Morgan fingerprint density at radius 1 is 1.19 bits per heavy atom. The van der Waals surface area contributed by atoms with E-state index in [1.807, 2.05) is 36.6 Å². The Balaban J connectivity index is 1.63. The van der Waals surface area contributed by atoms with Crippen molar-refractivity contribution in [3.05, 3.63) is 21.4 Å². The number of rotatable bonds is 2. The fraction of sp³-hybridized carbons (Fsp3) is 0.700. The highest BCUT2D eigenvalue weighted by Crippen LogP contribution is 2.40. The SMILES string of the molecule is CCc1sc(C(=O)N2CC[C@@]3(CCN(C(=O)OC(C)(C)C)C3)C2)cc1C. The molecule has 2 fully saturated rings. The number of ether oxygens (including phenoxy) is 1. The number of hydrogen-bond acceptors (Lipinski definition) is 4. The first-order valence-electron chi connectivity index (χ1n) is 9.49. The van der Waals surface area contributed by atoms with Crippen molar-refractivity contribution >= 4 is 23.3 Å². The van der Waals surface area contributed by atoms with Crippen LogP contribution < -0.4 is 0 Å². The molecule has 2 saturated heterocycles. The molecule has 2 amide bonds. The topological polar surface area (TPSA) is 49.9 Å². The monoisotopic (exact) mass is 378 g/mol. The molecule has 0 radical (unpaired) electrons. The zero-order valence-corrected chi connectivity index (χ0v) is 17.4. The molecule has 1 atom stereocenters. The second kappa shape index (κ2) is 6.87. The summed E-state index contributed by atoms with van der Waals surface area (Å²) < 4.78 is 5.50. The van der Waals surface area contributed by atoms with Crippen LogP contribution in [0.2, 0.25) is 0 Å². The second-order valence-electron chi connectivity index (χ2n) is 8.70. The third-order valence-electron chi connectivity index (χ3n) is 5.37. The Labute approximate surface area is 160 Å². The summed E-state index contributed by atoms with van der Waals surface area (Å²) in [6.07, 6.45) is 2.64. The maximum Gasteiger partial charge on any atom is 0.410 e. The van der Waals surface area contributed by atoms with E-state index in [2.05, 4.69) is 13.8 Å². The predicted molar refractivity (Wildman–Crippen MR) is 104 cm³/mol. The lowest BCUT2D eigenvalue weighted by Gasteiger charge is -2.27. The van der Waals surface area contributed by atoms with Crippen molar-refractivity contribution in [2.24, 2.45) is 5.41 Å². The van der Waals surface area contributed by atoms with E-state index in [-0.39, 0.29) is 17.4 Å². The standard InChI is InChI=1S/C20H30N2O3S/c1-6-15-14(2)11-16(26-15)17(23)21-9-7-20(12-21)8-10-22(13-20)18(24)25-19(3,4)5/h11H,6-10,12-13H2,1-5H3/t20-/m1/s1. The van der Waals surface area contributed by atoms with Crippen LogP contribution in [0.5, 0.6) is 0 Å². The van der Waals surface area contributed by atoms with Gasteiger partial charge in [-0.15, -0.1) is 11.3 Å². The largest absolute Gasteiger partial charge is 0.444 e. The number of aryl methyl sites for hydroxylation is 2. The molecule has 0 N–H and O–H groups in total. The van der Waals surface area contributed by atoms with Crippen molar-refractivity contribution in [3.8, 4) is 0 Å². The Morgan fingerprint density at radius 2 is 1.81 bits per heavy atom. The van der Waals surface area contributed by atoms with Gasteiger partial charge >= 0.3 is 6.09 Å². The third-order valence-corrected chi connectivity index (χ3v) is 6.74. The van der Waals surface area contributed by atoms with Gasteiger partial charge in [-0.05, 0) is 58.6 Å². The van der Waals surface area contributed by atoms with Crippen LogP contribution in [-0.2, 0) is 11.2 Å². The lowest BCUT2D eigenvalue weighted by atomic mass is 9.86. The second-order valence-corrected chi connectivity index (χ2v) is 9.84. The Hall–Kier alpha value is -1.56.